The molecule has 6 heteroatoms. The highest BCUT2D eigenvalue weighted by Crippen LogP contribution is 2.04. The quantitative estimate of drug-likeness (QED) is 0.211. The first-order valence-corrected chi connectivity index (χ1v) is 8.20. The molecule has 0 rings (SSSR count). The van der Waals surface area contributed by atoms with Gasteiger partial charge in [0.1, 0.15) is 13.2 Å². The van der Waals surface area contributed by atoms with Crippen LogP contribution in [0.3, 0.4) is 0 Å². The van der Waals surface area contributed by atoms with Crippen molar-refractivity contribution in [3.63, 3.8) is 0 Å². The Balaban J connectivity index is 3.36. The van der Waals surface area contributed by atoms with Crippen molar-refractivity contribution in [1.82, 2.24) is 0 Å². The lowest BCUT2D eigenvalue weighted by Gasteiger charge is -2.06. The minimum atomic E-state index is -0.537. The van der Waals surface area contributed by atoms with E-state index in [1.807, 2.05) is 0 Å². The topological polar surface area (TPSA) is 78.9 Å². The van der Waals surface area contributed by atoms with Gasteiger partial charge in [-0.15, -0.1) is 0 Å². The summed E-state index contributed by atoms with van der Waals surface area (Å²) in [5.74, 6) is -1.01. The van der Waals surface area contributed by atoms with Crippen LogP contribution in [0.5, 0.6) is 0 Å². The van der Waals surface area contributed by atoms with E-state index in [1.165, 1.54) is 0 Å². The highest BCUT2D eigenvalue weighted by molar-refractivity contribution is 5.81. The molecule has 0 aromatic rings. The molecule has 0 aliphatic carbocycles. The fourth-order valence-electron chi connectivity index (χ4n) is 1.75. The Morgan fingerprint density at radius 3 is 1.96 bits per heavy atom. The third-order valence-corrected chi connectivity index (χ3v) is 3.03. The average molecular weight is 328 g/mol. The fourth-order valence-corrected chi connectivity index (χ4v) is 1.75. The van der Waals surface area contributed by atoms with Gasteiger partial charge in [-0.25, -0.2) is 4.79 Å². The predicted molar refractivity (Wildman–Crippen MR) is 85.7 cm³/mol. The lowest BCUT2D eigenvalue weighted by Crippen LogP contribution is -2.12. The maximum atomic E-state index is 11.4. The molecule has 132 valence electrons. The van der Waals surface area contributed by atoms with Crippen LogP contribution in [0.1, 0.15) is 58.3 Å². The summed E-state index contributed by atoms with van der Waals surface area (Å²) in [6.07, 6.45) is 7.06. The number of carbonyl (C=O) groups excluding carboxylic acids is 3. The van der Waals surface area contributed by atoms with Crippen molar-refractivity contribution in [3.8, 4) is 0 Å². The minimum absolute atomic E-state index is 0.0323. The largest absolute Gasteiger partial charge is 0.466 e. The Kier molecular flexibility index (Phi) is 13.8. The van der Waals surface area contributed by atoms with Crippen molar-refractivity contribution in [2.24, 2.45) is 0 Å². The molecule has 0 saturated heterocycles. The number of hydrogen-bond donors (Lipinski definition) is 0. The van der Waals surface area contributed by atoms with Gasteiger partial charge in [-0.1, -0.05) is 26.3 Å². The van der Waals surface area contributed by atoms with Crippen molar-refractivity contribution in [2.75, 3.05) is 19.8 Å². The molecule has 0 N–H and O–H groups in total. The van der Waals surface area contributed by atoms with E-state index in [0.717, 1.165) is 38.2 Å². The first-order chi connectivity index (χ1) is 11.1. The number of unbranched alkanes of at least 4 members (excludes halogenated alkanes) is 4. The van der Waals surface area contributed by atoms with E-state index >= 15 is 0 Å². The normalized spacial score (nSPS) is 9.96. The maximum absolute atomic E-state index is 11.4. The van der Waals surface area contributed by atoms with E-state index < -0.39 is 5.97 Å². The van der Waals surface area contributed by atoms with Crippen LogP contribution in [-0.2, 0) is 28.6 Å². The molecule has 6 nitrogen and oxygen atoms in total. The molecule has 0 aromatic heterocycles. The summed E-state index contributed by atoms with van der Waals surface area (Å²) < 4.78 is 14.7. The molecular formula is C17H28O6. The number of hydrogen-bond acceptors (Lipinski definition) is 6. The van der Waals surface area contributed by atoms with Gasteiger partial charge in [0.15, 0.2) is 0 Å². The molecule has 0 unspecified atom stereocenters. The molecule has 23 heavy (non-hydrogen) atoms. The monoisotopic (exact) mass is 328 g/mol. The van der Waals surface area contributed by atoms with Crippen molar-refractivity contribution in [1.29, 1.82) is 0 Å². The predicted octanol–water partition coefficient (Wildman–Crippen LogP) is 2.94. The Labute approximate surface area is 138 Å². The van der Waals surface area contributed by atoms with Gasteiger partial charge < -0.3 is 14.2 Å². The highest BCUT2D eigenvalue weighted by Gasteiger charge is 2.05. The Hall–Kier alpha value is -1.85. The van der Waals surface area contributed by atoms with Gasteiger partial charge in [-0.2, -0.15) is 0 Å². The van der Waals surface area contributed by atoms with Crippen LogP contribution >= 0.6 is 0 Å². The molecule has 0 atom stereocenters. The number of rotatable bonds is 14. The standard InChI is InChI=1S/C17H28O6/c1-3-5-7-10-16(19)21-12-9-6-8-11-17(20)23-14-13-22-15(18)4-2/h4H,2-3,5-14H2,1H3. The van der Waals surface area contributed by atoms with E-state index in [0.29, 0.717) is 25.9 Å². The minimum Gasteiger partial charge on any atom is -0.466 e. The zero-order valence-corrected chi connectivity index (χ0v) is 14.0. The number of carbonyl (C=O) groups is 3. The molecule has 0 fully saturated rings. The lowest BCUT2D eigenvalue weighted by molar-refractivity contribution is -0.149. The molecule has 0 amide bonds. The van der Waals surface area contributed by atoms with Crippen molar-refractivity contribution in [3.05, 3.63) is 12.7 Å². The number of esters is 3. The first kappa shape index (κ1) is 21.1. The Bertz CT molecular complexity index is 364. The van der Waals surface area contributed by atoms with E-state index in [4.69, 9.17) is 9.47 Å². The van der Waals surface area contributed by atoms with E-state index in [9.17, 15) is 14.4 Å². The highest BCUT2D eigenvalue weighted by atomic mass is 16.6. The fraction of sp³-hybridized carbons (Fsp3) is 0.706. The Morgan fingerprint density at radius 2 is 1.35 bits per heavy atom. The summed E-state index contributed by atoms with van der Waals surface area (Å²) in [7, 11) is 0. The molecule has 0 bridgehead atoms. The van der Waals surface area contributed by atoms with Gasteiger partial charge in [0.05, 0.1) is 6.61 Å². The van der Waals surface area contributed by atoms with Crippen LogP contribution in [0.15, 0.2) is 12.7 Å². The summed E-state index contributed by atoms with van der Waals surface area (Å²) in [5.41, 5.74) is 0. The summed E-state index contributed by atoms with van der Waals surface area (Å²) in [6.45, 7) is 5.82. The summed E-state index contributed by atoms with van der Waals surface area (Å²) >= 11 is 0. The van der Waals surface area contributed by atoms with Gasteiger partial charge >= 0.3 is 17.9 Å². The van der Waals surface area contributed by atoms with Crippen molar-refractivity contribution >= 4 is 17.9 Å². The first-order valence-electron chi connectivity index (χ1n) is 8.20. The molecule has 0 aliphatic heterocycles. The second-order valence-corrected chi connectivity index (χ2v) is 5.08. The molecule has 0 spiro atoms. The zero-order valence-electron chi connectivity index (χ0n) is 14.0. The van der Waals surface area contributed by atoms with Gasteiger partial charge in [0.25, 0.3) is 0 Å². The second-order valence-electron chi connectivity index (χ2n) is 5.08. The summed E-state index contributed by atoms with van der Waals surface area (Å²) in [4.78, 5) is 33.4. The van der Waals surface area contributed by atoms with Gasteiger partial charge in [0, 0.05) is 18.9 Å². The summed E-state index contributed by atoms with van der Waals surface area (Å²) in [5, 5.41) is 0. The van der Waals surface area contributed by atoms with Crippen LogP contribution < -0.4 is 0 Å². The summed E-state index contributed by atoms with van der Waals surface area (Å²) in [6, 6.07) is 0. The molecule has 0 radical (unpaired) electrons. The number of ether oxygens (including phenoxy) is 3. The SMILES string of the molecule is C=CC(=O)OCCOC(=O)CCCCCOC(=O)CCCCC. The Morgan fingerprint density at radius 1 is 0.783 bits per heavy atom. The van der Waals surface area contributed by atoms with E-state index in [1.54, 1.807) is 0 Å². The molecule has 0 heterocycles. The van der Waals surface area contributed by atoms with Crippen LogP contribution in [-0.4, -0.2) is 37.7 Å². The molecular weight excluding hydrogens is 300 g/mol. The average Bonchev–Trinajstić information content (AvgIpc) is 2.54. The van der Waals surface area contributed by atoms with Crippen molar-refractivity contribution in [2.45, 2.75) is 58.3 Å². The van der Waals surface area contributed by atoms with E-state index in [2.05, 4.69) is 18.2 Å². The van der Waals surface area contributed by atoms with Crippen molar-refractivity contribution < 1.29 is 28.6 Å². The van der Waals surface area contributed by atoms with Crippen LogP contribution in [0.25, 0.3) is 0 Å². The van der Waals surface area contributed by atoms with Gasteiger partial charge in [-0.3, -0.25) is 9.59 Å². The third-order valence-electron chi connectivity index (χ3n) is 3.03. The van der Waals surface area contributed by atoms with Crippen LogP contribution in [0.4, 0.5) is 0 Å². The van der Waals surface area contributed by atoms with Gasteiger partial charge in [0.2, 0.25) is 0 Å². The van der Waals surface area contributed by atoms with Crippen LogP contribution in [0.2, 0.25) is 0 Å². The maximum Gasteiger partial charge on any atom is 0.330 e. The second kappa shape index (κ2) is 15.1. The third kappa shape index (κ3) is 14.8. The van der Waals surface area contributed by atoms with E-state index in [-0.39, 0.29) is 25.2 Å². The molecule has 0 aromatic carbocycles. The van der Waals surface area contributed by atoms with Gasteiger partial charge in [-0.05, 0) is 25.7 Å². The van der Waals surface area contributed by atoms with Crippen LogP contribution in [0, 0.1) is 0 Å². The smallest absolute Gasteiger partial charge is 0.330 e. The molecule has 0 aliphatic rings. The zero-order chi connectivity index (χ0) is 17.3. The molecule has 0 saturated carbocycles. The lowest BCUT2D eigenvalue weighted by atomic mass is 10.2.